The van der Waals surface area contributed by atoms with Gasteiger partial charge in [0.2, 0.25) is 0 Å². The predicted molar refractivity (Wildman–Crippen MR) is 90.6 cm³/mol. The molecule has 0 saturated carbocycles. The van der Waals surface area contributed by atoms with Crippen LogP contribution in [0.4, 0.5) is 11.4 Å². The summed E-state index contributed by atoms with van der Waals surface area (Å²) in [7, 11) is 0. The van der Waals surface area contributed by atoms with E-state index in [0.29, 0.717) is 0 Å². The summed E-state index contributed by atoms with van der Waals surface area (Å²) in [5, 5.41) is 3.59. The molecule has 1 N–H and O–H groups in total. The zero-order valence-electron chi connectivity index (χ0n) is 13.4. The van der Waals surface area contributed by atoms with Gasteiger partial charge in [-0.2, -0.15) is 0 Å². The highest BCUT2D eigenvalue weighted by atomic mass is 14.9. The Morgan fingerprint density at radius 3 is 2.29 bits per heavy atom. The first-order valence-corrected chi connectivity index (χ1v) is 7.40. The molecular formula is C20H21N. The van der Waals surface area contributed by atoms with E-state index in [1.165, 1.54) is 44.6 Å². The number of aryl methyl sites for hydroxylation is 2. The van der Waals surface area contributed by atoms with E-state index in [1.54, 1.807) is 0 Å². The second-order valence-electron chi connectivity index (χ2n) is 6.14. The molecule has 1 nitrogen and oxygen atoms in total. The van der Waals surface area contributed by atoms with Gasteiger partial charge in [0.05, 0.1) is 11.3 Å². The van der Waals surface area contributed by atoms with Crippen LogP contribution in [0.5, 0.6) is 0 Å². The fraction of sp³-hybridized carbons (Fsp3) is 0.300. The third-order valence-corrected chi connectivity index (χ3v) is 4.99. The van der Waals surface area contributed by atoms with Crippen LogP contribution in [0, 0.1) is 47.0 Å². The minimum Gasteiger partial charge on any atom is -0.354 e. The number of hydrogen-bond donors (Lipinski definition) is 1. The molecule has 0 fully saturated rings. The zero-order chi connectivity index (χ0) is 15.3. The number of benzene rings is 2. The van der Waals surface area contributed by atoms with E-state index in [1.807, 2.05) is 0 Å². The van der Waals surface area contributed by atoms with Crippen LogP contribution in [0.2, 0.25) is 0 Å². The second-order valence-corrected chi connectivity index (χ2v) is 6.14. The highest BCUT2D eigenvalue weighted by molar-refractivity contribution is 5.80. The molecule has 0 aliphatic carbocycles. The Morgan fingerprint density at radius 2 is 1.62 bits per heavy atom. The normalized spacial score (nSPS) is 12.2. The van der Waals surface area contributed by atoms with Crippen LogP contribution >= 0.6 is 0 Å². The van der Waals surface area contributed by atoms with E-state index in [-0.39, 0.29) is 0 Å². The molecule has 21 heavy (non-hydrogen) atoms. The summed E-state index contributed by atoms with van der Waals surface area (Å²) in [5.41, 5.74) is 12.6. The lowest BCUT2D eigenvalue weighted by atomic mass is 9.86. The quantitative estimate of drug-likeness (QED) is 0.578. The molecule has 3 rings (SSSR count). The second kappa shape index (κ2) is 4.67. The first kappa shape index (κ1) is 13.8. The van der Waals surface area contributed by atoms with Gasteiger partial charge in [0, 0.05) is 12.1 Å². The summed E-state index contributed by atoms with van der Waals surface area (Å²) in [6.07, 6.45) is 6.72. The third-order valence-electron chi connectivity index (χ3n) is 4.99. The van der Waals surface area contributed by atoms with Crippen molar-refractivity contribution < 1.29 is 0 Å². The number of hydrogen-bond acceptors (Lipinski definition) is 1. The molecule has 0 amide bonds. The SMILES string of the molecule is C#Cc1c(C)c(C)cc2c1Nc1cc(C)c(C)c(C)c1C2. The maximum atomic E-state index is 5.76. The van der Waals surface area contributed by atoms with Crippen LogP contribution in [-0.2, 0) is 6.42 Å². The summed E-state index contributed by atoms with van der Waals surface area (Å²) >= 11 is 0. The van der Waals surface area contributed by atoms with E-state index < -0.39 is 0 Å². The summed E-state index contributed by atoms with van der Waals surface area (Å²) < 4.78 is 0. The maximum absolute atomic E-state index is 5.76. The molecule has 1 heterocycles. The van der Waals surface area contributed by atoms with Gasteiger partial charge < -0.3 is 5.32 Å². The van der Waals surface area contributed by atoms with Gasteiger partial charge in [0.25, 0.3) is 0 Å². The van der Waals surface area contributed by atoms with Crippen molar-refractivity contribution in [2.75, 3.05) is 5.32 Å². The molecule has 1 aliphatic rings. The van der Waals surface area contributed by atoms with Crippen LogP contribution < -0.4 is 5.32 Å². The average Bonchev–Trinajstić information content (AvgIpc) is 2.46. The van der Waals surface area contributed by atoms with Crippen molar-refractivity contribution in [2.24, 2.45) is 0 Å². The maximum Gasteiger partial charge on any atom is 0.0582 e. The lowest BCUT2D eigenvalue weighted by Gasteiger charge is -2.27. The molecule has 0 atom stereocenters. The van der Waals surface area contributed by atoms with E-state index in [4.69, 9.17) is 6.42 Å². The highest BCUT2D eigenvalue weighted by Crippen LogP contribution is 2.40. The molecule has 1 aliphatic heterocycles. The first-order valence-electron chi connectivity index (χ1n) is 7.40. The van der Waals surface area contributed by atoms with E-state index >= 15 is 0 Å². The van der Waals surface area contributed by atoms with Crippen LogP contribution in [0.15, 0.2) is 12.1 Å². The summed E-state index contributed by atoms with van der Waals surface area (Å²) in [6, 6.07) is 4.52. The Morgan fingerprint density at radius 1 is 0.952 bits per heavy atom. The van der Waals surface area contributed by atoms with Gasteiger partial charge in [-0.25, -0.2) is 0 Å². The van der Waals surface area contributed by atoms with E-state index in [9.17, 15) is 0 Å². The molecule has 1 heteroatoms. The van der Waals surface area contributed by atoms with Crippen molar-refractivity contribution in [1.29, 1.82) is 0 Å². The topological polar surface area (TPSA) is 12.0 Å². The van der Waals surface area contributed by atoms with Crippen molar-refractivity contribution in [3.63, 3.8) is 0 Å². The van der Waals surface area contributed by atoms with Crippen molar-refractivity contribution in [3.05, 3.63) is 56.6 Å². The first-order chi connectivity index (χ1) is 9.93. The smallest absolute Gasteiger partial charge is 0.0582 e. The highest BCUT2D eigenvalue weighted by Gasteiger charge is 2.22. The largest absolute Gasteiger partial charge is 0.354 e. The number of terminal acetylenes is 1. The van der Waals surface area contributed by atoms with Crippen LogP contribution in [0.3, 0.4) is 0 Å². The molecule has 0 aromatic heterocycles. The van der Waals surface area contributed by atoms with E-state index in [0.717, 1.165) is 17.7 Å². The molecular weight excluding hydrogens is 254 g/mol. The minimum atomic E-state index is 0.959. The van der Waals surface area contributed by atoms with Crippen molar-refractivity contribution >= 4 is 11.4 Å². The standard InChI is InChI=1S/C20H21N/c1-7-17-14(5)11(2)8-16-10-18-15(6)13(4)12(3)9-19(18)21-20(16)17/h1,8-9,21H,10H2,2-6H3. The Kier molecular flexibility index (Phi) is 3.06. The van der Waals surface area contributed by atoms with Gasteiger partial charge in [0.1, 0.15) is 0 Å². The van der Waals surface area contributed by atoms with Crippen LogP contribution in [0.25, 0.3) is 0 Å². The van der Waals surface area contributed by atoms with Crippen molar-refractivity contribution in [2.45, 2.75) is 41.0 Å². The van der Waals surface area contributed by atoms with Crippen LogP contribution in [-0.4, -0.2) is 0 Å². The minimum absolute atomic E-state index is 0.959. The summed E-state index contributed by atoms with van der Waals surface area (Å²) in [6.45, 7) is 10.8. The third kappa shape index (κ3) is 1.94. The van der Waals surface area contributed by atoms with Gasteiger partial charge in [0.15, 0.2) is 0 Å². The predicted octanol–water partition coefficient (Wildman–Crippen LogP) is 4.86. The molecule has 0 radical (unpaired) electrons. The average molecular weight is 275 g/mol. The Bertz CT molecular complexity index is 804. The van der Waals surface area contributed by atoms with Gasteiger partial charge in [-0.3, -0.25) is 0 Å². The lowest BCUT2D eigenvalue weighted by Crippen LogP contribution is -2.12. The molecule has 2 aromatic carbocycles. The van der Waals surface area contributed by atoms with Crippen molar-refractivity contribution in [3.8, 4) is 12.3 Å². The van der Waals surface area contributed by atoms with Gasteiger partial charge in [-0.05, 0) is 79.6 Å². The number of nitrogens with one attached hydrogen (secondary N) is 1. The Balaban J connectivity index is 2.25. The Hall–Kier alpha value is -2.20. The van der Waals surface area contributed by atoms with E-state index in [2.05, 4.69) is 58.0 Å². The number of fused-ring (bicyclic) bond motifs is 2. The molecule has 0 bridgehead atoms. The number of rotatable bonds is 0. The lowest BCUT2D eigenvalue weighted by molar-refractivity contribution is 1.08. The van der Waals surface area contributed by atoms with Crippen molar-refractivity contribution in [1.82, 2.24) is 0 Å². The molecule has 2 aromatic rings. The summed E-state index contributed by atoms with van der Waals surface area (Å²) in [5.74, 6) is 2.87. The molecule has 0 spiro atoms. The monoisotopic (exact) mass is 275 g/mol. The molecule has 0 saturated heterocycles. The zero-order valence-corrected chi connectivity index (χ0v) is 13.4. The molecule has 106 valence electrons. The fourth-order valence-corrected chi connectivity index (χ4v) is 3.25. The summed E-state index contributed by atoms with van der Waals surface area (Å²) in [4.78, 5) is 0. The van der Waals surface area contributed by atoms with Gasteiger partial charge >= 0.3 is 0 Å². The fourth-order valence-electron chi connectivity index (χ4n) is 3.25. The number of anilines is 2. The van der Waals surface area contributed by atoms with Gasteiger partial charge in [-0.1, -0.05) is 12.0 Å². The Labute approximate surface area is 127 Å². The molecule has 0 unspecified atom stereocenters. The van der Waals surface area contributed by atoms with Crippen LogP contribution in [0.1, 0.15) is 44.5 Å². The van der Waals surface area contributed by atoms with Gasteiger partial charge in [-0.15, -0.1) is 6.42 Å².